The number of aliphatic imine (C=N–C) groups is 4. The summed E-state index contributed by atoms with van der Waals surface area (Å²) >= 11 is 0. The van der Waals surface area contributed by atoms with Gasteiger partial charge in [-0.1, -0.05) is 37.0 Å². The fourth-order valence-electron chi connectivity index (χ4n) is 3.08. The van der Waals surface area contributed by atoms with Crippen LogP contribution in [-0.4, -0.2) is 44.5 Å². The first kappa shape index (κ1) is 34.8. The van der Waals surface area contributed by atoms with Crippen LogP contribution < -0.4 is 21.3 Å². The molecule has 38 heavy (non-hydrogen) atoms. The van der Waals surface area contributed by atoms with Crippen LogP contribution in [0.15, 0.2) is 32.1 Å². The standard InChI is InChI=1S/C26H50N8P4/c1-23(2,3)31-19(35)27-15-13-17(29-21(37)33-25(7,8)9)18(30-22(38)34-26(10,11)12)14-16(15)28-20(36)32-24(4,5)6/h13-14H,35-38H2,1-12H3,(H,27,31)(H,28,32)(H,29,33)(H,30,34). The molecule has 0 saturated heterocycles. The van der Waals surface area contributed by atoms with Gasteiger partial charge in [-0.2, -0.15) is 0 Å². The minimum Gasteiger partial charge on any atom is -0.366 e. The molecular weight excluding hydrogens is 548 g/mol. The second-order valence-electron chi connectivity index (χ2n) is 13.3. The van der Waals surface area contributed by atoms with E-state index in [1.54, 1.807) is 0 Å². The molecule has 8 nitrogen and oxygen atoms in total. The minimum atomic E-state index is -0.147. The van der Waals surface area contributed by atoms with Gasteiger partial charge in [0.1, 0.15) is 22.3 Å². The van der Waals surface area contributed by atoms with Gasteiger partial charge in [0.15, 0.2) is 0 Å². The van der Waals surface area contributed by atoms with Crippen molar-refractivity contribution in [3.05, 3.63) is 12.1 Å². The van der Waals surface area contributed by atoms with Gasteiger partial charge >= 0.3 is 0 Å². The third kappa shape index (κ3) is 15.4. The maximum atomic E-state index is 4.87. The smallest absolute Gasteiger partial charge is 0.119 e. The Morgan fingerprint density at radius 1 is 0.421 bits per heavy atom. The van der Waals surface area contributed by atoms with Crippen molar-refractivity contribution < 1.29 is 0 Å². The van der Waals surface area contributed by atoms with Crippen molar-refractivity contribution >= 4 is 82.0 Å². The Kier molecular flexibility index (Phi) is 12.3. The van der Waals surface area contributed by atoms with Crippen LogP contribution in [0, 0.1) is 0 Å². The molecule has 0 heterocycles. The van der Waals surface area contributed by atoms with Gasteiger partial charge in [0.05, 0.1) is 22.7 Å². The van der Waals surface area contributed by atoms with Gasteiger partial charge < -0.3 is 21.3 Å². The van der Waals surface area contributed by atoms with Crippen molar-refractivity contribution in [2.45, 2.75) is 105 Å². The number of rotatable bonds is 4. The second kappa shape index (κ2) is 13.5. The van der Waals surface area contributed by atoms with Crippen LogP contribution in [0.3, 0.4) is 0 Å². The average Bonchev–Trinajstić information content (AvgIpc) is 2.58. The Bertz CT molecular complexity index is 926. The number of amidine groups is 4. The summed E-state index contributed by atoms with van der Waals surface area (Å²) < 4.78 is 0. The summed E-state index contributed by atoms with van der Waals surface area (Å²) in [6.45, 7) is 25.1. The molecule has 1 rings (SSSR count). The molecule has 0 fully saturated rings. The summed E-state index contributed by atoms with van der Waals surface area (Å²) in [6, 6.07) is 3.84. The zero-order chi connectivity index (χ0) is 29.7. The van der Waals surface area contributed by atoms with Gasteiger partial charge in [-0.25, -0.2) is 20.0 Å². The Labute approximate surface area is 240 Å². The van der Waals surface area contributed by atoms with Crippen molar-refractivity contribution in [1.29, 1.82) is 0 Å². The lowest BCUT2D eigenvalue weighted by Crippen LogP contribution is -2.38. The van der Waals surface area contributed by atoms with Gasteiger partial charge in [-0.05, 0) is 95.2 Å². The molecule has 0 spiro atoms. The Morgan fingerprint density at radius 2 is 0.579 bits per heavy atom. The maximum Gasteiger partial charge on any atom is 0.119 e. The van der Waals surface area contributed by atoms with E-state index < -0.39 is 0 Å². The zero-order valence-corrected chi connectivity index (χ0v) is 29.9. The van der Waals surface area contributed by atoms with Crippen LogP contribution in [0.4, 0.5) is 22.7 Å². The lowest BCUT2D eigenvalue weighted by atomic mass is 10.1. The third-order valence-corrected chi connectivity index (χ3v) is 5.14. The molecule has 0 aromatic heterocycles. The van der Waals surface area contributed by atoms with E-state index in [0.29, 0.717) is 45.1 Å². The minimum absolute atomic E-state index is 0.147. The molecule has 4 N–H and O–H groups in total. The van der Waals surface area contributed by atoms with E-state index in [2.05, 4.69) is 141 Å². The van der Waals surface area contributed by atoms with Crippen LogP contribution in [-0.2, 0) is 0 Å². The summed E-state index contributed by atoms with van der Waals surface area (Å²) in [7, 11) is 10.7. The molecule has 4 unspecified atom stereocenters. The highest BCUT2D eigenvalue weighted by Crippen LogP contribution is 2.41. The van der Waals surface area contributed by atoms with E-state index in [0.717, 1.165) is 0 Å². The van der Waals surface area contributed by atoms with Crippen LogP contribution in [0.2, 0.25) is 0 Å². The summed E-state index contributed by atoms with van der Waals surface area (Å²) in [6.07, 6.45) is 0. The number of nitrogens with zero attached hydrogens (tertiary/aromatic N) is 4. The third-order valence-electron chi connectivity index (χ3n) is 4.05. The Morgan fingerprint density at radius 3 is 0.711 bits per heavy atom. The first-order chi connectivity index (χ1) is 16.9. The van der Waals surface area contributed by atoms with Crippen LogP contribution in [0.25, 0.3) is 0 Å². The fraction of sp³-hybridized carbons (Fsp3) is 0.615. The largest absolute Gasteiger partial charge is 0.366 e. The van der Waals surface area contributed by atoms with Crippen molar-refractivity contribution in [2.24, 2.45) is 20.0 Å². The van der Waals surface area contributed by atoms with Crippen molar-refractivity contribution in [3.63, 3.8) is 0 Å². The van der Waals surface area contributed by atoms with E-state index in [9.17, 15) is 0 Å². The van der Waals surface area contributed by atoms with E-state index >= 15 is 0 Å². The summed E-state index contributed by atoms with van der Waals surface area (Å²) in [5, 5.41) is 13.6. The highest BCUT2D eigenvalue weighted by Gasteiger charge is 2.17. The van der Waals surface area contributed by atoms with E-state index in [4.69, 9.17) is 20.0 Å². The van der Waals surface area contributed by atoms with E-state index in [1.807, 2.05) is 12.1 Å². The number of hydrogen-bond donors (Lipinski definition) is 4. The number of nitrogens with one attached hydrogen (secondary N) is 4. The van der Waals surface area contributed by atoms with Gasteiger partial charge in [-0.15, -0.1) is 0 Å². The molecule has 0 radical (unpaired) electrons. The quantitative estimate of drug-likeness (QED) is 0.176. The van der Waals surface area contributed by atoms with Crippen molar-refractivity contribution in [2.75, 3.05) is 0 Å². The van der Waals surface area contributed by atoms with E-state index in [-0.39, 0.29) is 22.2 Å². The highest BCUT2D eigenvalue weighted by molar-refractivity contribution is 7.41. The van der Waals surface area contributed by atoms with E-state index in [1.165, 1.54) is 0 Å². The van der Waals surface area contributed by atoms with Gasteiger partial charge in [0, 0.05) is 22.2 Å². The summed E-state index contributed by atoms with van der Waals surface area (Å²) in [4.78, 5) is 19.5. The lowest BCUT2D eigenvalue weighted by Gasteiger charge is -2.23. The molecule has 1 aromatic rings. The predicted octanol–water partition coefficient (Wildman–Crippen LogP) is 6.69. The first-order valence-corrected chi connectivity index (χ1v) is 14.9. The van der Waals surface area contributed by atoms with Gasteiger partial charge in [0.2, 0.25) is 0 Å². The molecule has 0 saturated carbocycles. The Hall–Kier alpha value is -1.18. The molecule has 0 amide bonds. The van der Waals surface area contributed by atoms with Gasteiger partial charge in [-0.3, -0.25) is 0 Å². The molecule has 1 aromatic carbocycles. The molecule has 12 heteroatoms. The molecule has 0 aliphatic rings. The predicted molar refractivity (Wildman–Crippen MR) is 185 cm³/mol. The normalized spacial score (nSPS) is 14.9. The zero-order valence-electron chi connectivity index (χ0n) is 25.3. The molecule has 0 aliphatic carbocycles. The van der Waals surface area contributed by atoms with Crippen LogP contribution in [0.5, 0.6) is 0 Å². The van der Waals surface area contributed by atoms with Crippen molar-refractivity contribution in [1.82, 2.24) is 21.3 Å². The molecular formula is C26H50N8P4. The second-order valence-corrected chi connectivity index (χ2v) is 15.5. The lowest BCUT2D eigenvalue weighted by molar-refractivity contribution is 0.515. The average molecular weight is 599 g/mol. The summed E-state index contributed by atoms with van der Waals surface area (Å²) in [5.74, 6) is 0. The molecule has 4 atom stereocenters. The maximum absolute atomic E-state index is 4.87. The topological polar surface area (TPSA) is 97.6 Å². The SMILES string of the molecule is CC(C)(C)N/C(P)=N/c1cc(/N=C(\P)NC(C)(C)C)c(/N=C(/P)NC(C)(C)C)cc1/N=C(\P)NC(C)(C)C. The number of hydrogen-bond acceptors (Lipinski definition) is 4. The Balaban J connectivity index is 3.93. The highest BCUT2D eigenvalue weighted by atomic mass is 31.0. The molecule has 0 aliphatic heterocycles. The first-order valence-electron chi connectivity index (χ1n) is 12.6. The number of benzene rings is 1. The summed E-state index contributed by atoms with van der Waals surface area (Å²) in [5.41, 5.74) is 4.90. The fourth-order valence-corrected chi connectivity index (χ4v) is 5.37. The molecule has 0 bridgehead atoms. The monoisotopic (exact) mass is 598 g/mol. The van der Waals surface area contributed by atoms with Crippen LogP contribution >= 0.6 is 37.0 Å². The van der Waals surface area contributed by atoms with Gasteiger partial charge in [0.25, 0.3) is 0 Å². The van der Waals surface area contributed by atoms with Crippen molar-refractivity contribution in [3.8, 4) is 0 Å². The van der Waals surface area contributed by atoms with Crippen LogP contribution in [0.1, 0.15) is 83.1 Å². The molecule has 214 valence electrons.